The van der Waals surface area contributed by atoms with E-state index in [0.29, 0.717) is 22.0 Å². The van der Waals surface area contributed by atoms with E-state index in [2.05, 4.69) is 54.5 Å². The summed E-state index contributed by atoms with van der Waals surface area (Å²) in [6.45, 7) is 17.9. The molecule has 0 unspecified atom stereocenters. The van der Waals surface area contributed by atoms with Gasteiger partial charge in [0.25, 0.3) is 0 Å². The molecule has 4 fully saturated rings. The summed E-state index contributed by atoms with van der Waals surface area (Å²) in [5.74, 6) is 7.49. The number of hydrogen-bond donors (Lipinski definition) is 0. The summed E-state index contributed by atoms with van der Waals surface area (Å²) in [5.41, 5.74) is 3.00. The van der Waals surface area contributed by atoms with Crippen molar-refractivity contribution in [3.05, 3.63) is 11.6 Å². The molecule has 5 aliphatic rings. The monoisotopic (exact) mass is 424 g/mol. The normalized spacial score (nSPS) is 50.9. The van der Waals surface area contributed by atoms with Crippen LogP contribution in [0.25, 0.3) is 0 Å². The van der Waals surface area contributed by atoms with Crippen LogP contribution in [0.3, 0.4) is 0 Å². The quantitative estimate of drug-likeness (QED) is 0.445. The molecule has 10 atom stereocenters. The van der Waals surface area contributed by atoms with Crippen molar-refractivity contribution in [2.75, 3.05) is 0 Å². The first kappa shape index (κ1) is 22.2. The summed E-state index contributed by atoms with van der Waals surface area (Å²) < 4.78 is 0. The Hall–Kier alpha value is -0.590. The Morgan fingerprint density at radius 1 is 0.871 bits per heavy atom. The van der Waals surface area contributed by atoms with Crippen LogP contribution in [-0.4, -0.2) is 5.78 Å². The van der Waals surface area contributed by atoms with E-state index in [1.165, 1.54) is 50.5 Å². The third kappa shape index (κ3) is 3.10. The molecular weight excluding hydrogens is 376 g/mol. The minimum atomic E-state index is 0.323. The van der Waals surface area contributed by atoms with Gasteiger partial charge in [0.05, 0.1) is 0 Å². The lowest BCUT2D eigenvalue weighted by atomic mass is 9.46. The van der Waals surface area contributed by atoms with Gasteiger partial charge in [-0.3, -0.25) is 4.79 Å². The van der Waals surface area contributed by atoms with Crippen LogP contribution in [0.2, 0.25) is 0 Å². The molecule has 0 saturated heterocycles. The molecule has 0 amide bonds. The van der Waals surface area contributed by atoms with Crippen LogP contribution < -0.4 is 0 Å². The van der Waals surface area contributed by atoms with Crippen LogP contribution in [0.5, 0.6) is 0 Å². The molecule has 0 heterocycles. The van der Waals surface area contributed by atoms with E-state index < -0.39 is 0 Å². The summed E-state index contributed by atoms with van der Waals surface area (Å²) >= 11 is 0. The van der Waals surface area contributed by atoms with Gasteiger partial charge in [0.1, 0.15) is 0 Å². The molecule has 0 N–H and O–H groups in total. The highest BCUT2D eigenvalue weighted by molar-refractivity contribution is 5.91. The lowest BCUT2D eigenvalue weighted by molar-refractivity contribution is -0.117. The van der Waals surface area contributed by atoms with E-state index in [1.54, 1.807) is 0 Å². The molecule has 0 aromatic carbocycles. The predicted octanol–water partition coefficient (Wildman–Crippen LogP) is 8.09. The summed E-state index contributed by atoms with van der Waals surface area (Å²) in [6, 6.07) is 0. The van der Waals surface area contributed by atoms with Gasteiger partial charge in [-0.05, 0) is 121 Å². The molecule has 1 nitrogen and oxygen atoms in total. The lowest BCUT2D eigenvalue weighted by Gasteiger charge is -2.58. The Labute approximate surface area is 192 Å². The molecule has 1 heteroatoms. The maximum atomic E-state index is 12.1. The van der Waals surface area contributed by atoms with Gasteiger partial charge in [-0.15, -0.1) is 0 Å². The standard InChI is InChI=1S/C30H48O/c1-18(2)20(4)30(7)17-27(30)19(3)24-10-11-25-23-9-8-21-16-22(31)12-14-28(21,5)26(23)13-15-29(24,25)6/h16,18-20,23-27H,8-15,17H2,1-7H3/t19-,20-,23-,24+,25-,26-,27+,28-,29+,30+/m0/s1. The van der Waals surface area contributed by atoms with E-state index in [0.717, 1.165) is 60.2 Å². The number of allylic oxidation sites excluding steroid dienone is 1. The van der Waals surface area contributed by atoms with Gasteiger partial charge in [0.15, 0.2) is 5.78 Å². The highest BCUT2D eigenvalue weighted by atomic mass is 16.1. The van der Waals surface area contributed by atoms with Gasteiger partial charge in [-0.1, -0.05) is 54.0 Å². The van der Waals surface area contributed by atoms with Crippen molar-refractivity contribution in [2.24, 2.45) is 63.6 Å². The Balaban J connectivity index is 1.35. The molecule has 174 valence electrons. The summed E-state index contributed by atoms with van der Waals surface area (Å²) in [5, 5.41) is 0. The first-order valence-corrected chi connectivity index (χ1v) is 13.8. The van der Waals surface area contributed by atoms with Crippen LogP contribution in [-0.2, 0) is 4.79 Å². The number of hydrogen-bond acceptors (Lipinski definition) is 1. The van der Waals surface area contributed by atoms with E-state index in [1.807, 2.05) is 0 Å². The average molecular weight is 425 g/mol. The molecule has 0 bridgehead atoms. The maximum absolute atomic E-state index is 12.1. The van der Waals surface area contributed by atoms with Gasteiger partial charge in [0.2, 0.25) is 0 Å². The summed E-state index contributed by atoms with van der Waals surface area (Å²) in [6.07, 6.45) is 13.8. The second-order valence-corrected chi connectivity index (χ2v) is 13.9. The lowest BCUT2D eigenvalue weighted by Crippen LogP contribution is -2.51. The maximum Gasteiger partial charge on any atom is 0.155 e. The van der Waals surface area contributed by atoms with E-state index in [4.69, 9.17) is 0 Å². The van der Waals surface area contributed by atoms with Crippen molar-refractivity contribution in [2.45, 2.75) is 106 Å². The molecule has 5 aliphatic carbocycles. The molecule has 0 spiro atoms. The molecule has 0 aliphatic heterocycles. The van der Waals surface area contributed by atoms with Gasteiger partial charge in [-0.25, -0.2) is 0 Å². The molecule has 31 heavy (non-hydrogen) atoms. The van der Waals surface area contributed by atoms with Crippen molar-refractivity contribution in [3.8, 4) is 0 Å². The second-order valence-electron chi connectivity index (χ2n) is 13.9. The number of fused-ring (bicyclic) bond motifs is 5. The van der Waals surface area contributed by atoms with Gasteiger partial charge in [0, 0.05) is 6.42 Å². The molecule has 0 aromatic rings. The first-order chi connectivity index (χ1) is 14.5. The number of carbonyl (C=O) groups is 1. The highest BCUT2D eigenvalue weighted by Crippen LogP contribution is 2.71. The van der Waals surface area contributed by atoms with Crippen LogP contribution >= 0.6 is 0 Å². The van der Waals surface area contributed by atoms with Crippen LogP contribution in [0.4, 0.5) is 0 Å². The topological polar surface area (TPSA) is 17.1 Å². The molecule has 0 aromatic heterocycles. The van der Waals surface area contributed by atoms with Crippen molar-refractivity contribution in [3.63, 3.8) is 0 Å². The van der Waals surface area contributed by atoms with E-state index in [9.17, 15) is 4.79 Å². The Kier molecular flexibility index (Phi) is 5.16. The fourth-order valence-electron chi connectivity index (χ4n) is 10.2. The number of rotatable bonds is 4. The summed E-state index contributed by atoms with van der Waals surface area (Å²) in [4.78, 5) is 12.1. The van der Waals surface area contributed by atoms with E-state index >= 15 is 0 Å². The number of ketones is 1. The molecule has 0 radical (unpaired) electrons. The van der Waals surface area contributed by atoms with Gasteiger partial charge < -0.3 is 0 Å². The van der Waals surface area contributed by atoms with Crippen LogP contribution in [0.1, 0.15) is 106 Å². The predicted molar refractivity (Wildman–Crippen MR) is 130 cm³/mol. The van der Waals surface area contributed by atoms with Crippen molar-refractivity contribution >= 4 is 5.78 Å². The second kappa shape index (κ2) is 7.20. The highest BCUT2D eigenvalue weighted by Gasteiger charge is 2.63. The van der Waals surface area contributed by atoms with Crippen molar-refractivity contribution < 1.29 is 4.79 Å². The van der Waals surface area contributed by atoms with E-state index in [-0.39, 0.29) is 0 Å². The minimum Gasteiger partial charge on any atom is -0.295 e. The average Bonchev–Trinajstić information content (AvgIpc) is 3.29. The Bertz CT molecular complexity index is 777. The van der Waals surface area contributed by atoms with Gasteiger partial charge >= 0.3 is 0 Å². The summed E-state index contributed by atoms with van der Waals surface area (Å²) in [7, 11) is 0. The zero-order valence-corrected chi connectivity index (χ0v) is 21.5. The van der Waals surface area contributed by atoms with Gasteiger partial charge in [-0.2, -0.15) is 0 Å². The molecular formula is C30H48O. The fraction of sp³-hybridized carbons (Fsp3) is 0.900. The van der Waals surface area contributed by atoms with Crippen LogP contribution in [0.15, 0.2) is 11.6 Å². The Morgan fingerprint density at radius 2 is 1.61 bits per heavy atom. The zero-order valence-electron chi connectivity index (χ0n) is 21.5. The largest absolute Gasteiger partial charge is 0.295 e. The zero-order chi connectivity index (χ0) is 22.3. The SMILES string of the molecule is CC(C)[C@H](C)[C@@]1(C)C[C@@H]1[C@@H](C)[C@H]1CC[C@H]2[C@@H]3CCC4=CC(=O)CC[C@]4(C)[C@H]3CC[C@]12C. The van der Waals surface area contributed by atoms with Crippen molar-refractivity contribution in [1.29, 1.82) is 0 Å². The third-order valence-corrected chi connectivity index (χ3v) is 12.7. The molecule has 5 rings (SSSR count). The fourth-order valence-corrected chi connectivity index (χ4v) is 10.2. The number of carbonyl (C=O) groups excluding carboxylic acids is 1. The minimum absolute atomic E-state index is 0.323. The third-order valence-electron chi connectivity index (χ3n) is 12.7. The smallest absolute Gasteiger partial charge is 0.155 e. The first-order valence-electron chi connectivity index (χ1n) is 13.8. The Morgan fingerprint density at radius 3 is 2.32 bits per heavy atom. The van der Waals surface area contributed by atoms with Crippen LogP contribution in [0, 0.1) is 63.6 Å². The van der Waals surface area contributed by atoms with Crippen molar-refractivity contribution in [1.82, 2.24) is 0 Å². The molecule has 4 saturated carbocycles.